The second kappa shape index (κ2) is 5.07. The minimum absolute atomic E-state index is 0.689. The molecule has 0 saturated carbocycles. The Morgan fingerprint density at radius 2 is 2.33 bits per heavy atom. The molecule has 1 aromatic rings. The Balaban J connectivity index is 1.75. The minimum Gasteiger partial charge on any atom is -0.369 e. The van der Waals surface area contributed by atoms with Crippen molar-refractivity contribution < 1.29 is 0 Å². The monoisotopic (exact) mass is 206 g/mol. The molecule has 1 fully saturated rings. The lowest BCUT2D eigenvalue weighted by Gasteiger charge is -2.11. The van der Waals surface area contributed by atoms with Gasteiger partial charge in [0.2, 0.25) is 0 Å². The Morgan fingerprint density at radius 3 is 3.07 bits per heavy atom. The van der Waals surface area contributed by atoms with Gasteiger partial charge in [-0.2, -0.15) is 0 Å². The maximum Gasteiger partial charge on any atom is 0.147 e. The smallest absolute Gasteiger partial charge is 0.147 e. The highest BCUT2D eigenvalue weighted by Crippen LogP contribution is 2.10. The molecule has 0 spiro atoms. The molecule has 1 saturated heterocycles. The van der Waals surface area contributed by atoms with Crippen LogP contribution in [0.5, 0.6) is 0 Å². The predicted molar refractivity (Wildman–Crippen MR) is 60.9 cm³/mol. The van der Waals surface area contributed by atoms with Crippen molar-refractivity contribution in [3.8, 4) is 0 Å². The van der Waals surface area contributed by atoms with Gasteiger partial charge in [0.1, 0.15) is 5.82 Å². The first-order valence-electron chi connectivity index (χ1n) is 5.61. The van der Waals surface area contributed by atoms with Crippen LogP contribution in [0.25, 0.3) is 0 Å². The number of nitrogens with zero attached hydrogens (tertiary/aromatic N) is 2. The van der Waals surface area contributed by atoms with Gasteiger partial charge in [0, 0.05) is 25.0 Å². The van der Waals surface area contributed by atoms with Gasteiger partial charge in [-0.1, -0.05) is 0 Å². The predicted octanol–water partition coefficient (Wildman–Crippen LogP) is 1.34. The van der Waals surface area contributed by atoms with Crippen molar-refractivity contribution in [3.63, 3.8) is 0 Å². The van der Waals surface area contributed by atoms with E-state index in [-0.39, 0.29) is 0 Å². The molecule has 1 aliphatic rings. The van der Waals surface area contributed by atoms with E-state index in [0.717, 1.165) is 24.5 Å². The standard InChI is InChI=1S/C11H18N4/c1-9-11(15-8-7-12-9)14-6-4-10-3-2-5-13-10/h7-8,10,13H,2-6H2,1H3,(H,14,15). The molecular weight excluding hydrogens is 188 g/mol. The van der Waals surface area contributed by atoms with Crippen LogP contribution in [0.4, 0.5) is 5.82 Å². The number of hydrogen-bond acceptors (Lipinski definition) is 4. The van der Waals surface area contributed by atoms with Gasteiger partial charge in [-0.3, -0.25) is 4.98 Å². The van der Waals surface area contributed by atoms with Gasteiger partial charge < -0.3 is 10.6 Å². The molecule has 0 radical (unpaired) electrons. The van der Waals surface area contributed by atoms with Gasteiger partial charge in [0.25, 0.3) is 0 Å². The molecule has 0 aliphatic carbocycles. The van der Waals surface area contributed by atoms with E-state index in [9.17, 15) is 0 Å². The van der Waals surface area contributed by atoms with Crippen molar-refractivity contribution in [2.24, 2.45) is 0 Å². The van der Waals surface area contributed by atoms with Crippen molar-refractivity contribution in [3.05, 3.63) is 18.1 Å². The van der Waals surface area contributed by atoms with Crippen LogP contribution in [0.15, 0.2) is 12.4 Å². The maximum atomic E-state index is 4.25. The van der Waals surface area contributed by atoms with E-state index in [2.05, 4.69) is 20.6 Å². The van der Waals surface area contributed by atoms with E-state index in [1.807, 2.05) is 6.92 Å². The molecule has 2 rings (SSSR count). The number of anilines is 1. The van der Waals surface area contributed by atoms with Gasteiger partial charge >= 0.3 is 0 Å². The molecule has 0 bridgehead atoms. The molecule has 4 nitrogen and oxygen atoms in total. The van der Waals surface area contributed by atoms with E-state index in [1.54, 1.807) is 12.4 Å². The molecule has 2 N–H and O–H groups in total. The summed E-state index contributed by atoms with van der Waals surface area (Å²) in [5.74, 6) is 0.912. The van der Waals surface area contributed by atoms with E-state index < -0.39 is 0 Å². The van der Waals surface area contributed by atoms with Crippen LogP contribution in [-0.4, -0.2) is 29.1 Å². The second-order valence-corrected chi connectivity index (χ2v) is 4.00. The Hall–Kier alpha value is -1.16. The highest BCUT2D eigenvalue weighted by molar-refractivity contribution is 5.37. The molecule has 4 heteroatoms. The van der Waals surface area contributed by atoms with Gasteiger partial charge in [-0.05, 0) is 32.7 Å². The Bertz CT molecular complexity index is 307. The fourth-order valence-electron chi connectivity index (χ4n) is 1.95. The molecule has 1 unspecified atom stereocenters. The summed E-state index contributed by atoms with van der Waals surface area (Å²) in [4.78, 5) is 8.44. The van der Waals surface area contributed by atoms with E-state index in [1.165, 1.54) is 19.4 Å². The quantitative estimate of drug-likeness (QED) is 0.780. The number of hydrogen-bond donors (Lipinski definition) is 2. The van der Waals surface area contributed by atoms with E-state index in [4.69, 9.17) is 0 Å². The molecule has 15 heavy (non-hydrogen) atoms. The lowest BCUT2D eigenvalue weighted by atomic mass is 10.1. The Labute approximate surface area is 90.5 Å². The zero-order valence-electron chi connectivity index (χ0n) is 9.16. The van der Waals surface area contributed by atoms with Gasteiger partial charge in [0.05, 0.1) is 5.69 Å². The topological polar surface area (TPSA) is 49.8 Å². The first kappa shape index (κ1) is 10.4. The van der Waals surface area contributed by atoms with Crippen LogP contribution in [0, 0.1) is 6.92 Å². The summed E-state index contributed by atoms with van der Waals surface area (Å²) in [5, 5.41) is 6.81. The maximum absolute atomic E-state index is 4.25. The molecule has 0 aromatic carbocycles. The fraction of sp³-hybridized carbons (Fsp3) is 0.636. The molecular formula is C11H18N4. The third-order valence-electron chi connectivity index (χ3n) is 2.83. The average molecular weight is 206 g/mol. The van der Waals surface area contributed by atoms with Gasteiger partial charge in [-0.25, -0.2) is 4.98 Å². The summed E-state index contributed by atoms with van der Waals surface area (Å²) in [7, 11) is 0. The SMILES string of the molecule is Cc1nccnc1NCCC1CCCN1. The van der Waals surface area contributed by atoms with Crippen LogP contribution >= 0.6 is 0 Å². The molecule has 1 atom stereocenters. The zero-order chi connectivity index (χ0) is 10.5. The third-order valence-corrected chi connectivity index (χ3v) is 2.83. The van der Waals surface area contributed by atoms with Gasteiger partial charge in [-0.15, -0.1) is 0 Å². The fourth-order valence-corrected chi connectivity index (χ4v) is 1.95. The number of nitrogens with one attached hydrogen (secondary N) is 2. The van der Waals surface area contributed by atoms with Crippen molar-refractivity contribution in [1.82, 2.24) is 15.3 Å². The molecule has 82 valence electrons. The van der Waals surface area contributed by atoms with Crippen LogP contribution < -0.4 is 10.6 Å². The first-order valence-corrected chi connectivity index (χ1v) is 5.61. The number of aromatic nitrogens is 2. The third kappa shape index (κ3) is 2.89. The van der Waals surface area contributed by atoms with Gasteiger partial charge in [0.15, 0.2) is 0 Å². The van der Waals surface area contributed by atoms with Crippen molar-refractivity contribution in [2.45, 2.75) is 32.2 Å². The van der Waals surface area contributed by atoms with Crippen LogP contribution in [0.2, 0.25) is 0 Å². The summed E-state index contributed by atoms with van der Waals surface area (Å²) in [6, 6.07) is 0.689. The first-order chi connectivity index (χ1) is 7.36. The Kier molecular flexibility index (Phi) is 3.50. The number of rotatable bonds is 4. The highest BCUT2D eigenvalue weighted by Gasteiger charge is 2.13. The zero-order valence-corrected chi connectivity index (χ0v) is 9.16. The Morgan fingerprint density at radius 1 is 1.47 bits per heavy atom. The normalized spacial score (nSPS) is 20.5. The minimum atomic E-state index is 0.689. The van der Waals surface area contributed by atoms with Crippen molar-refractivity contribution >= 4 is 5.82 Å². The highest BCUT2D eigenvalue weighted by atomic mass is 15.0. The molecule has 2 heterocycles. The molecule has 0 amide bonds. The summed E-state index contributed by atoms with van der Waals surface area (Å²) in [6.45, 7) is 4.12. The summed E-state index contributed by atoms with van der Waals surface area (Å²) in [5.41, 5.74) is 0.969. The average Bonchev–Trinajstić information content (AvgIpc) is 2.74. The molecule has 1 aromatic heterocycles. The summed E-state index contributed by atoms with van der Waals surface area (Å²) >= 11 is 0. The van der Waals surface area contributed by atoms with E-state index in [0.29, 0.717) is 6.04 Å². The number of aryl methyl sites for hydroxylation is 1. The van der Waals surface area contributed by atoms with Crippen molar-refractivity contribution in [2.75, 3.05) is 18.4 Å². The van der Waals surface area contributed by atoms with Crippen LogP contribution in [-0.2, 0) is 0 Å². The molecule has 1 aliphatic heterocycles. The lowest BCUT2D eigenvalue weighted by Crippen LogP contribution is -2.24. The largest absolute Gasteiger partial charge is 0.369 e. The second-order valence-electron chi connectivity index (χ2n) is 4.00. The summed E-state index contributed by atoms with van der Waals surface area (Å²) in [6.07, 6.45) is 7.23. The van der Waals surface area contributed by atoms with Crippen LogP contribution in [0.3, 0.4) is 0 Å². The summed E-state index contributed by atoms with van der Waals surface area (Å²) < 4.78 is 0. The van der Waals surface area contributed by atoms with Crippen molar-refractivity contribution in [1.29, 1.82) is 0 Å². The van der Waals surface area contributed by atoms with E-state index >= 15 is 0 Å². The van der Waals surface area contributed by atoms with Crippen LogP contribution in [0.1, 0.15) is 25.0 Å². The lowest BCUT2D eigenvalue weighted by molar-refractivity contribution is 0.574.